The average molecular weight is 553 g/mol. The van der Waals surface area contributed by atoms with E-state index in [1.165, 1.54) is 29.6 Å². The number of carbonyl (C=O) groups excluding carboxylic acids is 1. The predicted molar refractivity (Wildman–Crippen MR) is 146 cm³/mol. The molecule has 10 heteroatoms. The van der Waals surface area contributed by atoms with E-state index in [4.69, 9.17) is 27.9 Å². The molecule has 0 saturated carbocycles. The molecule has 0 amide bonds. The molecule has 0 fully saturated rings. The number of aromatic nitrogens is 1. The average Bonchev–Trinajstić information content (AvgIpc) is 2.86. The lowest BCUT2D eigenvalue weighted by molar-refractivity contribution is 0.0603. The van der Waals surface area contributed by atoms with Crippen molar-refractivity contribution in [3.05, 3.63) is 64.3 Å². The molecule has 36 heavy (non-hydrogen) atoms. The number of rotatable bonds is 12. The van der Waals surface area contributed by atoms with E-state index in [1.54, 1.807) is 18.3 Å². The van der Waals surface area contributed by atoms with Gasteiger partial charge in [0.2, 0.25) is 10.0 Å². The lowest BCUT2D eigenvalue weighted by Gasteiger charge is -2.22. The normalized spacial score (nSPS) is 12.6. The number of sulfonamides is 1. The van der Waals surface area contributed by atoms with Gasteiger partial charge in [0, 0.05) is 36.1 Å². The summed E-state index contributed by atoms with van der Waals surface area (Å²) in [6.45, 7) is 4.85. The van der Waals surface area contributed by atoms with E-state index in [0.29, 0.717) is 42.3 Å². The van der Waals surface area contributed by atoms with E-state index in [2.05, 4.69) is 17.2 Å². The molecular weight excluding hydrogens is 521 g/mol. The fourth-order valence-corrected chi connectivity index (χ4v) is 6.00. The van der Waals surface area contributed by atoms with Crippen LogP contribution in [0.4, 0.5) is 5.82 Å². The van der Waals surface area contributed by atoms with Crippen LogP contribution in [-0.2, 0) is 14.8 Å². The number of pyridine rings is 1. The van der Waals surface area contributed by atoms with Crippen LogP contribution in [0.2, 0.25) is 10.0 Å². The number of hydrogen-bond donors (Lipinski definition) is 1. The maximum absolute atomic E-state index is 13.1. The summed E-state index contributed by atoms with van der Waals surface area (Å²) in [6, 6.07) is 11.7. The van der Waals surface area contributed by atoms with Gasteiger partial charge in [-0.1, -0.05) is 48.7 Å². The van der Waals surface area contributed by atoms with Gasteiger partial charge < -0.3 is 10.1 Å². The van der Waals surface area contributed by atoms with Crippen LogP contribution in [0, 0.1) is 0 Å². The summed E-state index contributed by atoms with van der Waals surface area (Å²) in [6.07, 6.45) is 4.73. The van der Waals surface area contributed by atoms with Crippen molar-refractivity contribution in [2.24, 2.45) is 0 Å². The van der Waals surface area contributed by atoms with Gasteiger partial charge in [0.05, 0.1) is 27.6 Å². The molecule has 1 heterocycles. The van der Waals surface area contributed by atoms with Crippen molar-refractivity contribution >= 4 is 55.8 Å². The van der Waals surface area contributed by atoms with Crippen molar-refractivity contribution in [3.63, 3.8) is 0 Å². The molecule has 0 radical (unpaired) electrons. The van der Waals surface area contributed by atoms with Crippen LogP contribution in [0.25, 0.3) is 10.8 Å². The number of fused-ring (bicyclic) bond motifs is 1. The van der Waals surface area contributed by atoms with Gasteiger partial charge in [0.15, 0.2) is 0 Å². The molecular formula is C26H31Cl2N3O4S. The highest BCUT2D eigenvalue weighted by Gasteiger charge is 2.24. The Kier molecular flexibility index (Phi) is 9.96. The second kappa shape index (κ2) is 12.7. The first-order valence-electron chi connectivity index (χ1n) is 11.9. The molecule has 7 nitrogen and oxygen atoms in total. The zero-order valence-electron chi connectivity index (χ0n) is 20.6. The lowest BCUT2D eigenvalue weighted by Crippen LogP contribution is -2.33. The molecule has 0 aliphatic heterocycles. The van der Waals surface area contributed by atoms with Gasteiger partial charge in [0.25, 0.3) is 0 Å². The molecule has 194 valence electrons. The maximum atomic E-state index is 13.1. The van der Waals surface area contributed by atoms with Crippen LogP contribution in [0.3, 0.4) is 0 Å². The molecule has 1 aromatic heterocycles. The Morgan fingerprint density at radius 2 is 1.86 bits per heavy atom. The van der Waals surface area contributed by atoms with Gasteiger partial charge in [-0.05, 0) is 56.5 Å². The van der Waals surface area contributed by atoms with Crippen molar-refractivity contribution in [2.75, 3.05) is 25.5 Å². The summed E-state index contributed by atoms with van der Waals surface area (Å²) in [5.74, 6) is 0.304. The monoisotopic (exact) mass is 551 g/mol. The lowest BCUT2D eigenvalue weighted by atomic mass is 10.1. The second-order valence-corrected chi connectivity index (χ2v) is 11.3. The van der Waals surface area contributed by atoms with Crippen molar-refractivity contribution in [1.29, 1.82) is 0 Å². The smallest absolute Gasteiger partial charge is 0.338 e. The first-order valence-corrected chi connectivity index (χ1v) is 14.1. The number of nitrogens with zero attached hydrogens (tertiary/aromatic N) is 2. The SMILES string of the molecule is CCCN(CCCC[C@H](C)Nc1nccc2c(C(=O)OC)cccc12)S(=O)(=O)c1ccc(Cl)c(Cl)c1. The van der Waals surface area contributed by atoms with Gasteiger partial charge in [-0.3, -0.25) is 0 Å². The minimum Gasteiger partial charge on any atom is -0.465 e. The molecule has 0 aliphatic carbocycles. The summed E-state index contributed by atoms with van der Waals surface area (Å²) >= 11 is 12.0. The van der Waals surface area contributed by atoms with Crippen LogP contribution in [0.15, 0.2) is 53.6 Å². The molecule has 2 aromatic carbocycles. The zero-order valence-corrected chi connectivity index (χ0v) is 23.0. The fourth-order valence-electron chi connectivity index (χ4n) is 4.04. The largest absolute Gasteiger partial charge is 0.465 e. The van der Waals surface area contributed by atoms with Crippen LogP contribution in [0.1, 0.15) is 49.9 Å². The highest BCUT2D eigenvalue weighted by molar-refractivity contribution is 7.89. The van der Waals surface area contributed by atoms with E-state index < -0.39 is 16.0 Å². The van der Waals surface area contributed by atoms with Gasteiger partial charge in [-0.15, -0.1) is 0 Å². The number of anilines is 1. The molecule has 1 N–H and O–H groups in total. The summed E-state index contributed by atoms with van der Waals surface area (Å²) < 4.78 is 32.7. The Morgan fingerprint density at radius 1 is 1.08 bits per heavy atom. The summed E-state index contributed by atoms with van der Waals surface area (Å²) in [5.41, 5.74) is 0.493. The van der Waals surface area contributed by atoms with E-state index in [0.717, 1.165) is 23.6 Å². The molecule has 0 spiro atoms. The van der Waals surface area contributed by atoms with E-state index in [9.17, 15) is 13.2 Å². The zero-order chi connectivity index (χ0) is 26.3. The topological polar surface area (TPSA) is 88.6 Å². The standard InChI is InChI=1S/C26H31Cl2N3O4S/c1-4-15-31(36(33,34)19-11-12-23(27)24(28)17-19)16-6-5-8-18(2)30-25-21-9-7-10-22(26(32)35-3)20(21)13-14-29-25/h7,9-14,17-18H,4-6,8,15-16H2,1-3H3,(H,29,30)/t18-/m0/s1. The summed E-state index contributed by atoms with van der Waals surface area (Å²) in [5, 5.41) is 5.58. The minimum atomic E-state index is -3.66. The van der Waals surface area contributed by atoms with Crippen LogP contribution >= 0.6 is 23.2 Å². The number of nitrogens with one attached hydrogen (secondary N) is 1. The first-order chi connectivity index (χ1) is 17.2. The Balaban J connectivity index is 1.61. The Morgan fingerprint density at radius 3 is 2.56 bits per heavy atom. The Hall–Kier alpha value is -2.39. The van der Waals surface area contributed by atoms with E-state index >= 15 is 0 Å². The molecule has 0 bridgehead atoms. The van der Waals surface area contributed by atoms with Crippen LogP contribution in [0.5, 0.6) is 0 Å². The maximum Gasteiger partial charge on any atom is 0.338 e. The van der Waals surface area contributed by atoms with Crippen molar-refractivity contribution in [3.8, 4) is 0 Å². The molecule has 0 saturated heterocycles. The number of ether oxygens (including phenoxy) is 1. The number of hydrogen-bond acceptors (Lipinski definition) is 6. The third kappa shape index (κ3) is 6.68. The highest BCUT2D eigenvalue weighted by Crippen LogP contribution is 2.28. The third-order valence-electron chi connectivity index (χ3n) is 5.89. The number of unbranched alkanes of at least 4 members (excludes halogenated alkanes) is 1. The predicted octanol–water partition coefficient (Wildman–Crippen LogP) is 6.40. The third-order valence-corrected chi connectivity index (χ3v) is 8.52. The van der Waals surface area contributed by atoms with Gasteiger partial charge in [-0.2, -0.15) is 4.31 Å². The molecule has 3 aromatic rings. The Bertz CT molecular complexity index is 1320. The number of benzene rings is 2. The number of carbonyl (C=O) groups is 1. The number of methoxy groups -OCH3 is 1. The van der Waals surface area contributed by atoms with Crippen molar-refractivity contribution in [1.82, 2.24) is 9.29 Å². The summed E-state index contributed by atoms with van der Waals surface area (Å²) in [7, 11) is -2.30. The fraction of sp³-hybridized carbons (Fsp3) is 0.385. The van der Waals surface area contributed by atoms with E-state index in [1.807, 2.05) is 19.1 Å². The van der Waals surface area contributed by atoms with Crippen molar-refractivity contribution in [2.45, 2.75) is 50.5 Å². The highest BCUT2D eigenvalue weighted by atomic mass is 35.5. The van der Waals surface area contributed by atoms with Crippen LogP contribution in [-0.4, -0.2) is 49.9 Å². The quantitative estimate of drug-likeness (QED) is 0.207. The van der Waals surface area contributed by atoms with Crippen molar-refractivity contribution < 1.29 is 17.9 Å². The second-order valence-electron chi connectivity index (χ2n) is 8.57. The Labute approximate surface area is 222 Å². The molecule has 3 rings (SSSR count). The molecule has 0 unspecified atom stereocenters. The minimum absolute atomic E-state index is 0.0937. The molecule has 0 aliphatic rings. The first kappa shape index (κ1) is 28.2. The molecule has 1 atom stereocenters. The summed E-state index contributed by atoms with van der Waals surface area (Å²) in [4.78, 5) is 16.7. The van der Waals surface area contributed by atoms with Gasteiger partial charge in [-0.25, -0.2) is 18.2 Å². The number of halogens is 2. The van der Waals surface area contributed by atoms with E-state index in [-0.39, 0.29) is 16.0 Å². The van der Waals surface area contributed by atoms with Gasteiger partial charge in [0.1, 0.15) is 5.82 Å². The number of esters is 1. The van der Waals surface area contributed by atoms with Gasteiger partial charge >= 0.3 is 5.97 Å². The van der Waals surface area contributed by atoms with Crippen LogP contribution < -0.4 is 5.32 Å².